The van der Waals surface area contributed by atoms with E-state index in [4.69, 9.17) is 16.3 Å². The molecule has 2 nitrogen and oxygen atoms in total. The van der Waals surface area contributed by atoms with Crippen molar-refractivity contribution in [3.8, 4) is 5.88 Å². The third-order valence-corrected chi connectivity index (χ3v) is 2.39. The molecule has 0 aliphatic rings. The first-order chi connectivity index (χ1) is 6.19. The summed E-state index contributed by atoms with van der Waals surface area (Å²) < 4.78 is 5.15. The van der Waals surface area contributed by atoms with Crippen molar-refractivity contribution in [1.82, 2.24) is 4.98 Å². The molecule has 1 heterocycles. The SMILES string of the molecule is CCC(C)c1cc(Cl)cnc1OC. The molecule has 1 aromatic rings. The molecule has 72 valence electrons. The molecule has 0 radical (unpaired) electrons. The smallest absolute Gasteiger partial charge is 0.216 e. The summed E-state index contributed by atoms with van der Waals surface area (Å²) in [6, 6.07) is 1.92. The molecule has 1 unspecified atom stereocenters. The quantitative estimate of drug-likeness (QED) is 0.746. The third-order valence-electron chi connectivity index (χ3n) is 2.18. The zero-order chi connectivity index (χ0) is 9.84. The monoisotopic (exact) mass is 199 g/mol. The molecule has 13 heavy (non-hydrogen) atoms. The molecule has 0 bridgehead atoms. The summed E-state index contributed by atoms with van der Waals surface area (Å²) in [7, 11) is 1.63. The van der Waals surface area contributed by atoms with Gasteiger partial charge in [-0.2, -0.15) is 0 Å². The van der Waals surface area contributed by atoms with Crippen LogP contribution in [0.5, 0.6) is 5.88 Å². The van der Waals surface area contributed by atoms with Gasteiger partial charge in [0.05, 0.1) is 12.1 Å². The van der Waals surface area contributed by atoms with Gasteiger partial charge in [0.1, 0.15) is 0 Å². The lowest BCUT2D eigenvalue weighted by atomic mass is 10.0. The highest BCUT2D eigenvalue weighted by atomic mass is 35.5. The van der Waals surface area contributed by atoms with Crippen molar-refractivity contribution in [2.75, 3.05) is 7.11 Å². The Morgan fingerprint density at radius 2 is 2.31 bits per heavy atom. The van der Waals surface area contributed by atoms with Gasteiger partial charge in [0, 0.05) is 11.8 Å². The van der Waals surface area contributed by atoms with E-state index in [1.807, 2.05) is 6.07 Å². The maximum Gasteiger partial charge on any atom is 0.216 e. The van der Waals surface area contributed by atoms with Gasteiger partial charge in [0.15, 0.2) is 0 Å². The fraction of sp³-hybridized carbons (Fsp3) is 0.500. The summed E-state index contributed by atoms with van der Waals surface area (Å²) in [5.41, 5.74) is 1.08. The Morgan fingerprint density at radius 1 is 1.62 bits per heavy atom. The van der Waals surface area contributed by atoms with E-state index in [9.17, 15) is 0 Å². The molecule has 0 saturated carbocycles. The molecular weight excluding hydrogens is 186 g/mol. The Hall–Kier alpha value is -0.760. The summed E-state index contributed by atoms with van der Waals surface area (Å²) in [6.07, 6.45) is 2.66. The van der Waals surface area contributed by atoms with Crippen LogP contribution in [0.1, 0.15) is 31.7 Å². The van der Waals surface area contributed by atoms with E-state index >= 15 is 0 Å². The second-order valence-corrected chi connectivity index (χ2v) is 3.50. The number of aromatic nitrogens is 1. The van der Waals surface area contributed by atoms with Gasteiger partial charge < -0.3 is 4.74 Å². The highest BCUT2D eigenvalue weighted by molar-refractivity contribution is 6.30. The van der Waals surface area contributed by atoms with Crippen LogP contribution in [0.25, 0.3) is 0 Å². The highest BCUT2D eigenvalue weighted by Gasteiger charge is 2.11. The number of methoxy groups -OCH3 is 1. The molecule has 0 aliphatic carbocycles. The summed E-state index contributed by atoms with van der Waals surface area (Å²) in [6.45, 7) is 4.26. The number of pyridine rings is 1. The summed E-state index contributed by atoms with van der Waals surface area (Å²) in [5, 5.41) is 0.663. The van der Waals surface area contributed by atoms with Crippen molar-refractivity contribution in [3.63, 3.8) is 0 Å². The molecule has 1 atom stereocenters. The fourth-order valence-electron chi connectivity index (χ4n) is 1.19. The number of ether oxygens (including phenoxy) is 1. The zero-order valence-corrected chi connectivity index (χ0v) is 8.93. The minimum absolute atomic E-state index is 0.432. The lowest BCUT2D eigenvalue weighted by Gasteiger charge is -2.12. The molecule has 0 aliphatic heterocycles. The Balaban J connectivity index is 3.07. The van der Waals surface area contributed by atoms with Gasteiger partial charge in [0.25, 0.3) is 0 Å². The second kappa shape index (κ2) is 4.47. The largest absolute Gasteiger partial charge is 0.481 e. The summed E-state index contributed by atoms with van der Waals surface area (Å²) >= 11 is 5.86. The van der Waals surface area contributed by atoms with Crippen LogP contribution < -0.4 is 4.74 Å². The Kier molecular flexibility index (Phi) is 3.55. The van der Waals surface area contributed by atoms with Crippen molar-refractivity contribution < 1.29 is 4.74 Å². The van der Waals surface area contributed by atoms with E-state index in [1.165, 1.54) is 0 Å². The van der Waals surface area contributed by atoms with Crippen LogP contribution in [-0.4, -0.2) is 12.1 Å². The summed E-state index contributed by atoms with van der Waals surface area (Å²) in [5.74, 6) is 1.11. The van der Waals surface area contributed by atoms with Crippen molar-refractivity contribution >= 4 is 11.6 Å². The van der Waals surface area contributed by atoms with Crippen LogP contribution >= 0.6 is 11.6 Å². The second-order valence-electron chi connectivity index (χ2n) is 3.06. The Bertz CT molecular complexity index is 288. The lowest BCUT2D eigenvalue weighted by Crippen LogP contribution is -1.98. The van der Waals surface area contributed by atoms with Gasteiger partial charge >= 0.3 is 0 Å². The van der Waals surface area contributed by atoms with E-state index in [0.29, 0.717) is 16.8 Å². The van der Waals surface area contributed by atoms with Crippen LogP contribution in [0.3, 0.4) is 0 Å². The van der Waals surface area contributed by atoms with Gasteiger partial charge in [-0.15, -0.1) is 0 Å². The summed E-state index contributed by atoms with van der Waals surface area (Å²) in [4.78, 5) is 4.11. The molecular formula is C10H14ClNO. The van der Waals surface area contributed by atoms with E-state index in [0.717, 1.165) is 12.0 Å². The van der Waals surface area contributed by atoms with Crippen molar-refractivity contribution in [2.24, 2.45) is 0 Å². The first-order valence-corrected chi connectivity index (χ1v) is 4.76. The Labute approximate surface area is 83.9 Å². The van der Waals surface area contributed by atoms with Crippen LogP contribution in [-0.2, 0) is 0 Å². The lowest BCUT2D eigenvalue weighted by molar-refractivity contribution is 0.389. The minimum Gasteiger partial charge on any atom is -0.481 e. The van der Waals surface area contributed by atoms with E-state index in [-0.39, 0.29) is 0 Å². The number of hydrogen-bond donors (Lipinski definition) is 0. The van der Waals surface area contributed by atoms with Gasteiger partial charge in [0.2, 0.25) is 5.88 Å². The topological polar surface area (TPSA) is 22.1 Å². The molecule has 0 aromatic carbocycles. The first-order valence-electron chi connectivity index (χ1n) is 4.38. The first kappa shape index (κ1) is 10.3. The van der Waals surface area contributed by atoms with E-state index in [1.54, 1.807) is 13.3 Å². The maximum atomic E-state index is 5.86. The molecule has 1 rings (SSSR count). The molecule has 0 N–H and O–H groups in total. The Morgan fingerprint density at radius 3 is 2.85 bits per heavy atom. The van der Waals surface area contributed by atoms with E-state index in [2.05, 4.69) is 18.8 Å². The minimum atomic E-state index is 0.432. The van der Waals surface area contributed by atoms with Gasteiger partial charge in [-0.05, 0) is 18.4 Å². The van der Waals surface area contributed by atoms with Gasteiger partial charge in [-0.3, -0.25) is 0 Å². The number of nitrogens with zero attached hydrogens (tertiary/aromatic N) is 1. The van der Waals surface area contributed by atoms with E-state index < -0.39 is 0 Å². The van der Waals surface area contributed by atoms with Gasteiger partial charge in [-0.1, -0.05) is 25.4 Å². The average Bonchev–Trinajstić information content (AvgIpc) is 2.16. The molecule has 0 spiro atoms. The predicted molar refractivity (Wildman–Crippen MR) is 54.5 cm³/mol. The zero-order valence-electron chi connectivity index (χ0n) is 8.17. The number of rotatable bonds is 3. The standard InChI is InChI=1S/C10H14ClNO/c1-4-7(2)9-5-8(11)6-12-10(9)13-3/h5-7H,4H2,1-3H3. The normalized spacial score (nSPS) is 12.6. The number of hydrogen-bond acceptors (Lipinski definition) is 2. The maximum absolute atomic E-state index is 5.86. The van der Waals surface area contributed by atoms with Crippen LogP contribution in [0, 0.1) is 0 Å². The van der Waals surface area contributed by atoms with Crippen LogP contribution in [0.4, 0.5) is 0 Å². The fourth-order valence-corrected chi connectivity index (χ4v) is 1.35. The third kappa shape index (κ3) is 2.34. The molecule has 3 heteroatoms. The molecule has 0 fully saturated rings. The molecule has 0 amide bonds. The van der Waals surface area contributed by atoms with Crippen molar-refractivity contribution in [2.45, 2.75) is 26.2 Å². The molecule has 1 aromatic heterocycles. The predicted octanol–water partition coefficient (Wildman–Crippen LogP) is 3.26. The highest BCUT2D eigenvalue weighted by Crippen LogP contribution is 2.28. The van der Waals surface area contributed by atoms with Crippen molar-refractivity contribution in [1.29, 1.82) is 0 Å². The number of halogens is 1. The van der Waals surface area contributed by atoms with Crippen LogP contribution in [0.15, 0.2) is 12.3 Å². The van der Waals surface area contributed by atoms with Crippen molar-refractivity contribution in [3.05, 3.63) is 22.8 Å². The average molecular weight is 200 g/mol. The molecule has 0 saturated heterocycles. The van der Waals surface area contributed by atoms with Crippen LogP contribution in [0.2, 0.25) is 5.02 Å². The van der Waals surface area contributed by atoms with Gasteiger partial charge in [-0.25, -0.2) is 4.98 Å².